The predicted octanol–water partition coefficient (Wildman–Crippen LogP) is 10.2. The fourth-order valence-corrected chi connectivity index (χ4v) is 12.5. The number of hydrogen-bond donors (Lipinski definition) is 0. The monoisotopic (exact) mass is 651 g/mol. The summed E-state index contributed by atoms with van der Waals surface area (Å²) in [6, 6.07) is 24.7. The molecule has 3 rings (SSSR count). The van der Waals surface area contributed by atoms with Crippen molar-refractivity contribution >= 4 is 37.4 Å². The summed E-state index contributed by atoms with van der Waals surface area (Å²) >= 11 is 4.44. The molecule has 0 heterocycles. The molecule has 3 aromatic rings. The highest BCUT2D eigenvalue weighted by Gasteiger charge is 2.47. The van der Waals surface area contributed by atoms with Gasteiger partial charge in [0.25, 0.3) is 0 Å². The molecular formula is C38H53BrO2P+. The smallest absolute Gasteiger partial charge is 0.181 e. The first-order chi connectivity index (χ1) is 20.4. The van der Waals surface area contributed by atoms with E-state index < -0.39 is 5.96 Å². The molecule has 4 heteroatoms. The van der Waals surface area contributed by atoms with Crippen LogP contribution in [0.15, 0.2) is 78.9 Å². The summed E-state index contributed by atoms with van der Waals surface area (Å²) < 4.78 is 11.7. The summed E-state index contributed by atoms with van der Waals surface area (Å²) in [4.78, 5) is 0. The summed E-state index contributed by atoms with van der Waals surface area (Å²) in [5.41, 5.74) is 5.59. The van der Waals surface area contributed by atoms with Crippen molar-refractivity contribution in [2.45, 2.75) is 105 Å². The Morgan fingerprint density at radius 2 is 1.21 bits per heavy atom. The fourth-order valence-electron chi connectivity index (χ4n) is 5.59. The molecule has 3 aromatic carbocycles. The first kappa shape index (κ1) is 34.7. The Bertz CT molecular complexity index is 1180. The molecule has 0 amide bonds. The van der Waals surface area contributed by atoms with E-state index in [2.05, 4.69) is 129 Å². The van der Waals surface area contributed by atoms with E-state index in [1.54, 1.807) is 0 Å². The highest BCUT2D eigenvalue weighted by atomic mass is 79.9. The maximum Gasteiger partial charge on any atom is 0.181 e. The molecule has 42 heavy (non-hydrogen) atoms. The minimum Gasteiger partial charge on any atom is -0.353 e. The van der Waals surface area contributed by atoms with Crippen LogP contribution in [0.5, 0.6) is 0 Å². The van der Waals surface area contributed by atoms with Crippen molar-refractivity contribution in [3.63, 3.8) is 0 Å². The normalized spacial score (nSPS) is 12.1. The van der Waals surface area contributed by atoms with Gasteiger partial charge in [-0.3, -0.25) is 0 Å². The molecule has 0 aliphatic heterocycles. The first-order valence-corrected chi connectivity index (χ1v) is 19.9. The third kappa shape index (κ3) is 9.88. The molecule has 0 bridgehead atoms. The Hall–Kier alpha value is -1.77. The lowest BCUT2D eigenvalue weighted by molar-refractivity contribution is -0.146. The fraction of sp³-hybridized carbons (Fsp3) is 0.474. The van der Waals surface area contributed by atoms with Gasteiger partial charge in [0.05, 0.1) is 0 Å². The largest absolute Gasteiger partial charge is 0.353 e. The van der Waals surface area contributed by atoms with Gasteiger partial charge in [-0.25, -0.2) is 0 Å². The number of ether oxygens (including phenoxy) is 2. The molecule has 0 unspecified atom stereocenters. The summed E-state index contributed by atoms with van der Waals surface area (Å²) in [5, 5.41) is 4.28. The molecule has 0 spiro atoms. The van der Waals surface area contributed by atoms with E-state index in [4.69, 9.17) is 9.47 Å². The zero-order valence-corrected chi connectivity index (χ0v) is 29.2. The van der Waals surface area contributed by atoms with Crippen LogP contribution in [0.3, 0.4) is 0 Å². The standard InChI is InChI=1S/C38H53BrO2P/c1-6-29-40-38(41-30-7-2)28-15-13-11-9-8-10-12-14-23-34-24-20-27-37(33(34)5)42(39,35-25-18-16-21-31(35)3)36-26-19-17-22-32(36)4/h8,10,16-22,24-27,38H,6-7,9,11-15,23,28-30H2,1-5H3/q+1/b10-8+. The maximum absolute atomic E-state index is 5.85. The van der Waals surface area contributed by atoms with Crippen LogP contribution in [0.2, 0.25) is 0 Å². The van der Waals surface area contributed by atoms with Gasteiger partial charge in [0.15, 0.2) is 27.7 Å². The number of unbranched alkanes of at least 4 members (excludes halogenated alkanes) is 4. The topological polar surface area (TPSA) is 18.5 Å². The van der Waals surface area contributed by atoms with Gasteiger partial charge in [-0.05, 0) is 119 Å². The lowest BCUT2D eigenvalue weighted by Crippen LogP contribution is -2.31. The third-order valence-electron chi connectivity index (χ3n) is 7.95. The van der Waals surface area contributed by atoms with Crippen molar-refractivity contribution in [2.75, 3.05) is 13.2 Å². The molecule has 0 fully saturated rings. The average Bonchev–Trinajstić information content (AvgIpc) is 2.99. The van der Waals surface area contributed by atoms with E-state index in [1.807, 2.05) is 0 Å². The van der Waals surface area contributed by atoms with E-state index in [0.717, 1.165) is 51.7 Å². The number of aryl methyl sites for hydroxylation is 3. The van der Waals surface area contributed by atoms with Gasteiger partial charge in [-0.2, -0.15) is 0 Å². The molecule has 0 aliphatic carbocycles. The number of allylic oxidation sites excluding steroid dienone is 2. The molecule has 2 nitrogen and oxygen atoms in total. The van der Waals surface area contributed by atoms with Crippen molar-refractivity contribution in [1.82, 2.24) is 0 Å². The number of benzene rings is 3. The van der Waals surface area contributed by atoms with E-state index in [9.17, 15) is 0 Å². The van der Waals surface area contributed by atoms with Crippen molar-refractivity contribution in [3.05, 3.63) is 101 Å². The summed E-state index contributed by atoms with van der Waals surface area (Å²) in [7, 11) is 0. The van der Waals surface area contributed by atoms with E-state index in [0.29, 0.717) is 0 Å². The van der Waals surface area contributed by atoms with E-state index in [-0.39, 0.29) is 6.29 Å². The Morgan fingerprint density at radius 3 is 1.79 bits per heavy atom. The highest BCUT2D eigenvalue weighted by Crippen LogP contribution is 2.64. The number of hydrogen-bond acceptors (Lipinski definition) is 2. The van der Waals surface area contributed by atoms with Crippen LogP contribution >= 0.6 is 21.5 Å². The van der Waals surface area contributed by atoms with Crippen LogP contribution in [-0.4, -0.2) is 19.5 Å². The molecule has 0 radical (unpaired) electrons. The summed E-state index contributed by atoms with van der Waals surface area (Å²) in [6.07, 6.45) is 16.1. The minimum atomic E-state index is -1.96. The van der Waals surface area contributed by atoms with Crippen LogP contribution < -0.4 is 15.9 Å². The third-order valence-corrected chi connectivity index (χ3v) is 14.9. The molecule has 0 aliphatic rings. The van der Waals surface area contributed by atoms with Crippen LogP contribution in [0.25, 0.3) is 0 Å². The average molecular weight is 653 g/mol. The zero-order valence-electron chi connectivity index (χ0n) is 26.7. The molecule has 0 N–H and O–H groups in total. The Kier molecular flexibility index (Phi) is 15.5. The molecule has 0 atom stereocenters. The minimum absolute atomic E-state index is 0.0207. The van der Waals surface area contributed by atoms with Crippen molar-refractivity contribution in [2.24, 2.45) is 0 Å². The van der Waals surface area contributed by atoms with Crippen LogP contribution in [-0.2, 0) is 15.9 Å². The molecule has 0 saturated carbocycles. The summed E-state index contributed by atoms with van der Waals surface area (Å²) in [6.45, 7) is 12.7. The van der Waals surface area contributed by atoms with Gasteiger partial charge in [-0.15, -0.1) is 0 Å². The van der Waals surface area contributed by atoms with Gasteiger partial charge in [-0.1, -0.05) is 81.0 Å². The van der Waals surface area contributed by atoms with E-state index >= 15 is 0 Å². The molecular weight excluding hydrogens is 599 g/mol. The SMILES string of the molecule is CCCOC(CCCCC/C=C/CCCc1cccc([P+](Br)(c2ccccc2C)c2ccccc2C)c1C)OCCC. The van der Waals surface area contributed by atoms with Gasteiger partial charge in [0.2, 0.25) is 0 Å². The van der Waals surface area contributed by atoms with Gasteiger partial charge in [0, 0.05) is 13.2 Å². The first-order valence-electron chi connectivity index (χ1n) is 16.1. The second kappa shape index (κ2) is 18.8. The Morgan fingerprint density at radius 1 is 0.667 bits per heavy atom. The summed E-state index contributed by atoms with van der Waals surface area (Å²) in [5.74, 6) is -1.96. The van der Waals surface area contributed by atoms with Gasteiger partial charge < -0.3 is 9.47 Å². The Balaban J connectivity index is 1.56. The molecule has 0 saturated heterocycles. The highest BCUT2D eigenvalue weighted by molar-refractivity contribution is 9.44. The van der Waals surface area contributed by atoms with E-state index in [1.165, 1.54) is 63.9 Å². The number of rotatable bonds is 19. The Labute approximate surface area is 265 Å². The van der Waals surface area contributed by atoms with Gasteiger partial charge >= 0.3 is 0 Å². The maximum atomic E-state index is 5.85. The second-order valence-electron chi connectivity index (χ2n) is 11.4. The quantitative estimate of drug-likeness (QED) is 0.0556. The van der Waals surface area contributed by atoms with Crippen LogP contribution in [0.4, 0.5) is 0 Å². The molecule has 0 aromatic heterocycles. The second-order valence-corrected chi connectivity index (χ2v) is 17.2. The zero-order chi connectivity index (χ0) is 30.2. The van der Waals surface area contributed by atoms with Crippen LogP contribution in [0.1, 0.15) is 93.9 Å². The lowest BCUT2D eigenvalue weighted by atomic mass is 10.0. The molecule has 228 valence electrons. The van der Waals surface area contributed by atoms with Crippen molar-refractivity contribution in [3.8, 4) is 0 Å². The predicted molar refractivity (Wildman–Crippen MR) is 190 cm³/mol. The van der Waals surface area contributed by atoms with Gasteiger partial charge in [0.1, 0.15) is 15.9 Å². The lowest BCUT2D eigenvalue weighted by Gasteiger charge is -2.25. The van der Waals surface area contributed by atoms with Crippen molar-refractivity contribution in [1.29, 1.82) is 0 Å². The van der Waals surface area contributed by atoms with Crippen LogP contribution in [0, 0.1) is 20.8 Å². The van der Waals surface area contributed by atoms with Crippen molar-refractivity contribution < 1.29 is 9.47 Å². The number of halogens is 1.